The zero-order valence-electron chi connectivity index (χ0n) is 11.3. The first-order chi connectivity index (χ1) is 9.93. The summed E-state index contributed by atoms with van der Waals surface area (Å²) in [6.07, 6.45) is -1.16. The number of benzene rings is 1. The number of nitrogens with one attached hydrogen (secondary N) is 2. The highest BCUT2D eigenvalue weighted by Crippen LogP contribution is 2.02. The molecule has 0 radical (unpaired) electrons. The predicted molar refractivity (Wildman–Crippen MR) is 70.2 cm³/mol. The number of amides is 2. The maximum absolute atomic E-state index is 12.9. The Kier molecular flexibility index (Phi) is 6.28. The second-order valence-corrected chi connectivity index (χ2v) is 4.06. The third-order valence-electron chi connectivity index (χ3n) is 2.54. The van der Waals surface area contributed by atoms with Crippen LogP contribution in [-0.2, 0) is 14.3 Å². The summed E-state index contributed by atoms with van der Waals surface area (Å²) in [5, 5.41) is 13.3. The summed E-state index contributed by atoms with van der Waals surface area (Å²) in [5.41, 5.74) is 0.0862. The molecule has 0 aromatic heterocycles. The largest absolute Gasteiger partial charge is 0.479 e. The minimum absolute atomic E-state index is 0.0862. The van der Waals surface area contributed by atoms with E-state index in [4.69, 9.17) is 5.11 Å². The predicted octanol–water partition coefficient (Wildman–Crippen LogP) is -0.229. The number of carbonyl (C=O) groups is 3. The summed E-state index contributed by atoms with van der Waals surface area (Å²) in [4.78, 5) is 33.7. The number of carbonyl (C=O) groups excluding carboxylic acids is 2. The first-order valence-corrected chi connectivity index (χ1v) is 6.00. The van der Waals surface area contributed by atoms with Gasteiger partial charge in [-0.05, 0) is 18.2 Å². The van der Waals surface area contributed by atoms with E-state index in [1.54, 1.807) is 0 Å². The lowest BCUT2D eigenvalue weighted by Gasteiger charge is -2.11. The van der Waals surface area contributed by atoms with Gasteiger partial charge in [0.1, 0.15) is 5.82 Å². The van der Waals surface area contributed by atoms with E-state index in [0.29, 0.717) is 0 Å². The number of carboxylic acid groups (broad SMARTS) is 1. The number of halogens is 1. The molecule has 8 heteroatoms. The fraction of sp³-hybridized carbons (Fsp3) is 0.308. The highest BCUT2D eigenvalue weighted by molar-refractivity contribution is 5.96. The molecule has 1 unspecified atom stereocenters. The summed E-state index contributed by atoms with van der Waals surface area (Å²) in [5.74, 6) is -2.95. The van der Waals surface area contributed by atoms with E-state index in [2.05, 4.69) is 15.4 Å². The van der Waals surface area contributed by atoms with Gasteiger partial charge in [-0.15, -0.1) is 0 Å². The summed E-state index contributed by atoms with van der Waals surface area (Å²) in [7, 11) is 1.21. The molecule has 0 aliphatic heterocycles. The molecule has 1 atom stereocenters. The summed E-state index contributed by atoms with van der Waals surface area (Å²) < 4.78 is 17.5. The van der Waals surface area contributed by atoms with Crippen LogP contribution in [0.5, 0.6) is 0 Å². The number of hydrogen-bond donors (Lipinski definition) is 3. The lowest BCUT2D eigenvalue weighted by Crippen LogP contribution is -2.42. The molecule has 1 aromatic rings. The molecule has 0 fully saturated rings. The quantitative estimate of drug-likeness (QED) is 0.645. The van der Waals surface area contributed by atoms with Crippen LogP contribution in [0.1, 0.15) is 10.4 Å². The molecule has 0 saturated carbocycles. The van der Waals surface area contributed by atoms with Gasteiger partial charge in [0.25, 0.3) is 5.91 Å². The van der Waals surface area contributed by atoms with E-state index in [1.165, 1.54) is 25.3 Å². The third-order valence-corrected chi connectivity index (χ3v) is 2.54. The number of aliphatic carboxylic acids is 1. The number of methoxy groups -OCH3 is 1. The Morgan fingerprint density at radius 3 is 2.62 bits per heavy atom. The Morgan fingerprint density at radius 2 is 2.05 bits per heavy atom. The first-order valence-electron chi connectivity index (χ1n) is 6.00. The van der Waals surface area contributed by atoms with Crippen LogP contribution in [0.15, 0.2) is 24.3 Å². The molecule has 0 aliphatic rings. The molecule has 2 amide bonds. The molecule has 0 spiro atoms. The van der Waals surface area contributed by atoms with Crippen molar-refractivity contribution in [2.45, 2.75) is 6.10 Å². The Bertz CT molecular complexity index is 535. The van der Waals surface area contributed by atoms with Gasteiger partial charge in [0.05, 0.1) is 13.1 Å². The Balaban J connectivity index is 2.39. The Hall–Kier alpha value is -2.48. The Morgan fingerprint density at radius 1 is 1.33 bits per heavy atom. The van der Waals surface area contributed by atoms with E-state index >= 15 is 0 Å². The molecule has 1 rings (SSSR count). The van der Waals surface area contributed by atoms with Crippen molar-refractivity contribution in [1.82, 2.24) is 10.6 Å². The van der Waals surface area contributed by atoms with Gasteiger partial charge in [0.15, 0.2) is 6.10 Å². The number of carboxylic acids is 1. The van der Waals surface area contributed by atoms with E-state index < -0.39 is 29.7 Å². The highest BCUT2D eigenvalue weighted by atomic mass is 19.1. The summed E-state index contributed by atoms with van der Waals surface area (Å²) in [6, 6.07) is 5.01. The van der Waals surface area contributed by atoms with Crippen molar-refractivity contribution in [3.8, 4) is 0 Å². The number of rotatable bonds is 7. The molecule has 0 heterocycles. The third kappa shape index (κ3) is 5.57. The van der Waals surface area contributed by atoms with Gasteiger partial charge < -0.3 is 20.5 Å². The van der Waals surface area contributed by atoms with Crippen molar-refractivity contribution >= 4 is 17.8 Å². The standard InChI is InChI=1S/C13H15FN2O5/c1-21-10(13(19)20)6-15-11(17)7-16-12(18)8-3-2-4-9(14)5-8/h2-5,10H,6-7H2,1H3,(H,15,17)(H,16,18)(H,19,20). The fourth-order valence-corrected chi connectivity index (χ4v) is 1.43. The van der Waals surface area contributed by atoms with E-state index in [-0.39, 0.29) is 18.7 Å². The van der Waals surface area contributed by atoms with Crippen LogP contribution < -0.4 is 10.6 Å². The van der Waals surface area contributed by atoms with Gasteiger partial charge >= 0.3 is 5.97 Å². The molecule has 7 nitrogen and oxygen atoms in total. The van der Waals surface area contributed by atoms with Crippen LogP contribution in [-0.4, -0.2) is 49.2 Å². The van der Waals surface area contributed by atoms with Crippen molar-refractivity contribution < 1.29 is 28.6 Å². The first kappa shape index (κ1) is 16.6. The Labute approximate surface area is 120 Å². The lowest BCUT2D eigenvalue weighted by molar-refractivity contribution is -0.148. The smallest absolute Gasteiger partial charge is 0.334 e. The maximum atomic E-state index is 12.9. The van der Waals surface area contributed by atoms with Crippen molar-refractivity contribution in [1.29, 1.82) is 0 Å². The lowest BCUT2D eigenvalue weighted by atomic mass is 10.2. The van der Waals surface area contributed by atoms with Crippen LogP contribution in [0.25, 0.3) is 0 Å². The molecule has 0 aliphatic carbocycles. The van der Waals surface area contributed by atoms with Crippen molar-refractivity contribution in [2.75, 3.05) is 20.2 Å². The monoisotopic (exact) mass is 298 g/mol. The van der Waals surface area contributed by atoms with E-state index in [0.717, 1.165) is 6.07 Å². The van der Waals surface area contributed by atoms with Gasteiger partial charge in [0.2, 0.25) is 5.91 Å². The van der Waals surface area contributed by atoms with E-state index in [1.807, 2.05) is 0 Å². The van der Waals surface area contributed by atoms with Crippen LogP contribution in [0.4, 0.5) is 4.39 Å². The number of ether oxygens (including phenoxy) is 1. The summed E-state index contributed by atoms with van der Waals surface area (Å²) in [6.45, 7) is -0.577. The van der Waals surface area contributed by atoms with Crippen LogP contribution in [0, 0.1) is 5.82 Å². The van der Waals surface area contributed by atoms with Gasteiger partial charge in [-0.25, -0.2) is 9.18 Å². The molecular formula is C13H15FN2O5. The van der Waals surface area contributed by atoms with Gasteiger partial charge in [-0.2, -0.15) is 0 Å². The van der Waals surface area contributed by atoms with E-state index in [9.17, 15) is 18.8 Å². The van der Waals surface area contributed by atoms with Crippen molar-refractivity contribution in [3.05, 3.63) is 35.6 Å². The fourth-order valence-electron chi connectivity index (χ4n) is 1.43. The second kappa shape index (κ2) is 7.95. The average molecular weight is 298 g/mol. The normalized spacial score (nSPS) is 11.5. The zero-order chi connectivity index (χ0) is 15.8. The summed E-state index contributed by atoms with van der Waals surface area (Å²) >= 11 is 0. The second-order valence-electron chi connectivity index (χ2n) is 4.06. The molecule has 0 bridgehead atoms. The molecule has 0 saturated heterocycles. The van der Waals surface area contributed by atoms with Gasteiger partial charge in [-0.1, -0.05) is 6.07 Å². The van der Waals surface area contributed by atoms with Crippen LogP contribution in [0.3, 0.4) is 0 Å². The molecular weight excluding hydrogens is 283 g/mol. The topological polar surface area (TPSA) is 105 Å². The molecule has 114 valence electrons. The molecule has 1 aromatic carbocycles. The van der Waals surface area contributed by atoms with Gasteiger partial charge in [-0.3, -0.25) is 9.59 Å². The molecule has 21 heavy (non-hydrogen) atoms. The SMILES string of the molecule is COC(CNC(=O)CNC(=O)c1cccc(F)c1)C(=O)O. The van der Waals surface area contributed by atoms with Gasteiger partial charge in [0, 0.05) is 12.7 Å². The molecule has 3 N–H and O–H groups in total. The zero-order valence-corrected chi connectivity index (χ0v) is 11.3. The number of hydrogen-bond acceptors (Lipinski definition) is 4. The van der Waals surface area contributed by atoms with Crippen molar-refractivity contribution in [2.24, 2.45) is 0 Å². The maximum Gasteiger partial charge on any atom is 0.334 e. The minimum atomic E-state index is -1.21. The highest BCUT2D eigenvalue weighted by Gasteiger charge is 2.17. The minimum Gasteiger partial charge on any atom is -0.479 e. The average Bonchev–Trinajstić information content (AvgIpc) is 2.45. The van der Waals surface area contributed by atoms with Crippen molar-refractivity contribution in [3.63, 3.8) is 0 Å². The van der Waals surface area contributed by atoms with Crippen LogP contribution in [0.2, 0.25) is 0 Å². The van der Waals surface area contributed by atoms with Crippen LogP contribution >= 0.6 is 0 Å².